The summed E-state index contributed by atoms with van der Waals surface area (Å²) in [6, 6.07) is 113. The number of hydrogen-bond donors (Lipinski definition) is 0. The zero-order valence-electron chi connectivity index (χ0n) is 54.1. The maximum Gasteiger partial charge on any atom is 0.0353 e. The topological polar surface area (TPSA) is 25.8 Å². The second kappa shape index (κ2) is 20.2. The van der Waals surface area contributed by atoms with Crippen molar-refractivity contribution in [2.75, 3.05) is 0 Å². The Morgan fingerprint density at radius 1 is 0.140 bits per heavy atom. The predicted molar refractivity (Wildman–Crippen MR) is 423 cm³/mol. The van der Waals surface area contributed by atoms with Crippen LogP contribution >= 0.6 is 0 Å². The van der Waals surface area contributed by atoms with Crippen LogP contribution in [0.25, 0.3) is 241 Å². The third-order valence-corrected chi connectivity index (χ3v) is 22.8. The van der Waals surface area contributed by atoms with Gasteiger partial charge in [0.2, 0.25) is 0 Å². The lowest BCUT2D eigenvalue weighted by atomic mass is 9.83. The van der Waals surface area contributed by atoms with E-state index in [2.05, 4.69) is 326 Å². The molecule has 18 aromatic carbocycles. The van der Waals surface area contributed by atoms with Crippen LogP contribution in [-0.4, -0.2) is 9.97 Å². The van der Waals surface area contributed by atoms with Gasteiger partial charge >= 0.3 is 0 Å². The van der Waals surface area contributed by atoms with E-state index in [1.54, 1.807) is 0 Å². The van der Waals surface area contributed by atoms with E-state index < -0.39 is 0 Å². The summed E-state index contributed by atoms with van der Waals surface area (Å²) >= 11 is 0. The van der Waals surface area contributed by atoms with Crippen LogP contribution in [0.3, 0.4) is 0 Å². The SMILES string of the molecule is c1ccc(-c2c3c(c(-c4ccccc4)c4cnccc24)-c2ccc(-c4ccc5c6c4ccc4ccc7cccc-5c7c46)c4cccc-3c24)cc1.c1ccc(-c2c3c(c(-c4ccccc4)c4cnccc24)-c2cccc4c(-c5ccc6c7c5ccc5ccc8cccc-6c8c57)ccc-3c24)cc1. The minimum absolute atomic E-state index is 1.18. The van der Waals surface area contributed by atoms with Crippen LogP contribution in [0, 0.1) is 0 Å². The van der Waals surface area contributed by atoms with Gasteiger partial charge in [-0.2, -0.15) is 0 Å². The van der Waals surface area contributed by atoms with E-state index in [4.69, 9.17) is 0 Å². The Morgan fingerprint density at radius 3 is 0.800 bits per heavy atom. The van der Waals surface area contributed by atoms with Crippen LogP contribution in [0.15, 0.2) is 328 Å². The number of aromatic nitrogens is 2. The zero-order chi connectivity index (χ0) is 65.0. The molecule has 2 aromatic heterocycles. The van der Waals surface area contributed by atoms with Crippen LogP contribution in [0.5, 0.6) is 0 Å². The highest BCUT2D eigenvalue weighted by Crippen LogP contribution is 2.62. The molecule has 0 radical (unpaired) electrons. The molecule has 0 aliphatic heterocycles. The molecule has 0 spiro atoms. The predicted octanol–water partition coefficient (Wildman–Crippen LogP) is 27.0. The van der Waals surface area contributed by atoms with E-state index in [0.29, 0.717) is 0 Å². The summed E-state index contributed by atoms with van der Waals surface area (Å²) in [5, 5.41) is 26.3. The molecule has 2 heterocycles. The average Bonchev–Trinajstić information content (AvgIpc) is 1.57. The molecule has 4 aliphatic rings. The first kappa shape index (κ1) is 54.0. The fraction of sp³-hybridized carbons (Fsp3) is 0. The van der Waals surface area contributed by atoms with Gasteiger partial charge in [-0.1, -0.05) is 291 Å². The molecule has 456 valence electrons. The molecule has 0 unspecified atom stereocenters. The van der Waals surface area contributed by atoms with Crippen molar-refractivity contribution in [3.8, 4) is 134 Å². The highest BCUT2D eigenvalue weighted by molar-refractivity contribution is 6.38. The van der Waals surface area contributed by atoms with E-state index in [0.717, 1.165) is 0 Å². The Labute approximate surface area is 575 Å². The van der Waals surface area contributed by atoms with Crippen molar-refractivity contribution in [2.45, 2.75) is 0 Å². The second-order valence-electron chi connectivity index (χ2n) is 27.5. The quantitative estimate of drug-likeness (QED) is 0.155. The molecule has 0 amide bonds. The normalized spacial score (nSPS) is 12.4. The van der Waals surface area contributed by atoms with Gasteiger partial charge in [-0.3, -0.25) is 9.97 Å². The molecule has 24 rings (SSSR count). The molecule has 2 heteroatoms. The van der Waals surface area contributed by atoms with Crippen LogP contribution in [0.4, 0.5) is 0 Å². The number of rotatable bonds is 6. The van der Waals surface area contributed by atoms with Gasteiger partial charge in [-0.15, -0.1) is 0 Å². The lowest BCUT2D eigenvalue weighted by Crippen LogP contribution is -1.94. The number of pyridine rings is 2. The molecule has 100 heavy (non-hydrogen) atoms. The lowest BCUT2D eigenvalue weighted by Gasteiger charge is -2.20. The van der Waals surface area contributed by atoms with Crippen LogP contribution < -0.4 is 0 Å². The molecule has 0 saturated heterocycles. The molecule has 0 atom stereocenters. The van der Waals surface area contributed by atoms with E-state index in [-0.39, 0.29) is 0 Å². The minimum atomic E-state index is 1.18. The molecular formula is C98H54N2. The maximum atomic E-state index is 4.69. The van der Waals surface area contributed by atoms with Crippen molar-refractivity contribution in [1.29, 1.82) is 0 Å². The van der Waals surface area contributed by atoms with Gasteiger partial charge in [0.05, 0.1) is 0 Å². The first-order chi connectivity index (χ1) is 49.7. The van der Waals surface area contributed by atoms with E-state index in [1.165, 1.54) is 241 Å². The van der Waals surface area contributed by atoms with Crippen LogP contribution in [0.1, 0.15) is 0 Å². The van der Waals surface area contributed by atoms with Crippen molar-refractivity contribution in [3.63, 3.8) is 0 Å². The Kier molecular flexibility index (Phi) is 10.9. The van der Waals surface area contributed by atoms with Gasteiger partial charge < -0.3 is 0 Å². The van der Waals surface area contributed by atoms with E-state index >= 15 is 0 Å². The van der Waals surface area contributed by atoms with Crippen molar-refractivity contribution < 1.29 is 0 Å². The molecule has 4 aliphatic carbocycles. The highest BCUT2D eigenvalue weighted by Gasteiger charge is 2.35. The molecule has 0 fully saturated rings. The second-order valence-corrected chi connectivity index (χ2v) is 27.5. The van der Waals surface area contributed by atoms with Gasteiger partial charge in [-0.05, 0) is 243 Å². The van der Waals surface area contributed by atoms with Gasteiger partial charge in [0.1, 0.15) is 0 Å². The molecule has 0 bridgehead atoms. The van der Waals surface area contributed by atoms with Crippen molar-refractivity contribution in [3.05, 3.63) is 328 Å². The Morgan fingerprint density at radius 2 is 0.420 bits per heavy atom. The van der Waals surface area contributed by atoms with Gasteiger partial charge in [-0.25, -0.2) is 0 Å². The summed E-state index contributed by atoms with van der Waals surface area (Å²) in [6.45, 7) is 0. The number of nitrogens with zero attached hydrogens (tertiary/aromatic N) is 2. The Bertz CT molecular complexity index is 6480. The lowest BCUT2D eigenvalue weighted by molar-refractivity contribution is 1.36. The monoisotopic (exact) mass is 1260 g/mol. The van der Waals surface area contributed by atoms with Crippen molar-refractivity contribution in [1.82, 2.24) is 9.97 Å². The van der Waals surface area contributed by atoms with Crippen LogP contribution in [-0.2, 0) is 0 Å². The molecule has 2 nitrogen and oxygen atoms in total. The standard InChI is InChI=1S/2C49H27N/c1-3-9-28(10-4-1)43-38-25-26-50-27-41(38)44(29-11-5-2-6-12-29)48-39-16-8-15-34-32(22-24-40(46(34)39)49(43)48)33-21-23-37-35-14-7-13-30-17-18-31-19-20-36(33)47(37)45(31)42(30)35;1-3-9-28(10-4-1)43-38-25-26-50-27-41(38)44(29-11-5-2-6-12-29)49-40-24-22-32(34-15-8-16-39(46(34)40)48(43)49)33-21-23-37-35-14-7-13-30-17-18-31-19-20-36(33)47(37)45(31)42(30)35/h2*1-27H. The fourth-order valence-corrected chi connectivity index (χ4v) is 18.9. The minimum Gasteiger partial charge on any atom is -0.264 e. The first-order valence-corrected chi connectivity index (χ1v) is 34.8. The third kappa shape index (κ3) is 7.15. The summed E-state index contributed by atoms with van der Waals surface area (Å²) in [6.07, 6.45) is 8.00. The zero-order valence-corrected chi connectivity index (χ0v) is 54.1. The highest BCUT2D eigenvalue weighted by atomic mass is 14.6. The summed E-state index contributed by atoms with van der Waals surface area (Å²) in [7, 11) is 0. The summed E-state index contributed by atoms with van der Waals surface area (Å²) in [5.74, 6) is 0. The number of fused-ring (bicyclic) bond motifs is 10. The smallest absolute Gasteiger partial charge is 0.0353 e. The van der Waals surface area contributed by atoms with Gasteiger partial charge in [0, 0.05) is 35.6 Å². The Balaban J connectivity index is 0.000000124. The van der Waals surface area contributed by atoms with Crippen molar-refractivity contribution >= 4 is 108 Å². The molecule has 20 aromatic rings. The third-order valence-electron chi connectivity index (χ3n) is 22.8. The van der Waals surface area contributed by atoms with Gasteiger partial charge in [0.15, 0.2) is 0 Å². The van der Waals surface area contributed by atoms with Crippen molar-refractivity contribution in [2.24, 2.45) is 0 Å². The number of hydrogen-bond acceptors (Lipinski definition) is 2. The fourth-order valence-electron chi connectivity index (χ4n) is 18.9. The summed E-state index contributed by atoms with van der Waals surface area (Å²) < 4.78 is 0. The molecular weight excluding hydrogens is 1210 g/mol. The molecule has 0 N–H and O–H groups in total. The first-order valence-electron chi connectivity index (χ1n) is 34.8. The van der Waals surface area contributed by atoms with Gasteiger partial charge in [0.25, 0.3) is 0 Å². The largest absolute Gasteiger partial charge is 0.264 e. The van der Waals surface area contributed by atoms with E-state index in [1.807, 2.05) is 12.4 Å². The van der Waals surface area contributed by atoms with E-state index in [9.17, 15) is 0 Å². The molecule has 0 saturated carbocycles. The van der Waals surface area contributed by atoms with Crippen LogP contribution in [0.2, 0.25) is 0 Å². The maximum absolute atomic E-state index is 4.69. The number of benzene rings is 18. The summed E-state index contributed by atoms with van der Waals surface area (Å²) in [5.41, 5.74) is 30.9. The summed E-state index contributed by atoms with van der Waals surface area (Å²) in [4.78, 5) is 9.37. The Hall–Kier alpha value is -13.1. The average molecular weight is 1260 g/mol.